The molecule has 1 saturated heterocycles. The molecule has 2 aromatic carbocycles. The molecule has 0 radical (unpaired) electrons. The van der Waals surface area contributed by atoms with E-state index in [1.165, 1.54) is 40.5 Å². The second-order valence-electron chi connectivity index (χ2n) is 8.05. The van der Waals surface area contributed by atoms with Gasteiger partial charge in [0.05, 0.1) is 22.9 Å². The summed E-state index contributed by atoms with van der Waals surface area (Å²) in [6.07, 6.45) is 0. The molecule has 1 N–H and O–H groups in total. The largest absolute Gasteiger partial charge is 0.348 e. The average Bonchev–Trinajstić information content (AvgIpc) is 2.77. The molecule has 174 valence electrons. The van der Waals surface area contributed by atoms with Gasteiger partial charge < -0.3 is 10.2 Å². The lowest BCUT2D eigenvalue weighted by atomic mass is 10.1. The maximum Gasteiger partial charge on any atom is 0.254 e. The second kappa shape index (κ2) is 9.91. The predicted octanol–water partition coefficient (Wildman–Crippen LogP) is 2.82. The topological polar surface area (TPSA) is 111 Å². The summed E-state index contributed by atoms with van der Waals surface area (Å²) in [6, 6.07) is 13.8. The summed E-state index contributed by atoms with van der Waals surface area (Å²) in [5.41, 5.74) is 1.03. The van der Waals surface area contributed by atoms with Crippen LogP contribution >= 0.6 is 11.6 Å². The number of hydrogen-bond donors (Lipinski definition) is 1. The SMILES string of the molecule is C[C@H](NC(=O)[C@@H](C)N(C)C(=O)c1cccc(S(=O)(=O)N2CC(C#N)C2)c1)c1ccc(Cl)cc1. The lowest BCUT2D eigenvalue weighted by molar-refractivity contribution is -0.125. The second-order valence-corrected chi connectivity index (χ2v) is 10.4. The quantitative estimate of drug-likeness (QED) is 0.644. The molecule has 10 heteroatoms. The Kier molecular flexibility index (Phi) is 7.42. The molecule has 2 atom stereocenters. The zero-order valence-electron chi connectivity index (χ0n) is 18.5. The summed E-state index contributed by atoms with van der Waals surface area (Å²) in [4.78, 5) is 27.0. The number of hydrogen-bond acceptors (Lipinski definition) is 5. The van der Waals surface area contributed by atoms with E-state index in [0.29, 0.717) is 5.02 Å². The van der Waals surface area contributed by atoms with Gasteiger partial charge in [-0.25, -0.2) is 8.42 Å². The van der Waals surface area contributed by atoms with E-state index in [-0.39, 0.29) is 41.4 Å². The fourth-order valence-corrected chi connectivity index (χ4v) is 5.08. The summed E-state index contributed by atoms with van der Waals surface area (Å²) in [7, 11) is -2.30. The number of rotatable bonds is 7. The van der Waals surface area contributed by atoms with E-state index in [0.717, 1.165) is 5.56 Å². The highest BCUT2D eigenvalue weighted by atomic mass is 35.5. The number of likely N-dealkylation sites (N-methyl/N-ethyl adjacent to an activating group) is 1. The molecule has 3 rings (SSSR count). The fraction of sp³-hybridized carbons (Fsp3) is 0.348. The van der Waals surface area contributed by atoms with E-state index in [4.69, 9.17) is 16.9 Å². The number of halogens is 1. The van der Waals surface area contributed by atoms with Gasteiger partial charge >= 0.3 is 0 Å². The fourth-order valence-electron chi connectivity index (χ4n) is 3.38. The van der Waals surface area contributed by atoms with Crippen molar-refractivity contribution < 1.29 is 18.0 Å². The first-order valence-electron chi connectivity index (χ1n) is 10.4. The van der Waals surface area contributed by atoms with Crippen molar-refractivity contribution >= 4 is 33.4 Å². The van der Waals surface area contributed by atoms with E-state index in [2.05, 4.69) is 5.32 Å². The number of nitriles is 1. The van der Waals surface area contributed by atoms with Gasteiger partial charge in [0, 0.05) is 30.7 Å². The van der Waals surface area contributed by atoms with E-state index in [1.54, 1.807) is 19.1 Å². The van der Waals surface area contributed by atoms with E-state index in [1.807, 2.05) is 25.1 Å². The Morgan fingerprint density at radius 2 is 1.82 bits per heavy atom. The molecule has 8 nitrogen and oxygen atoms in total. The normalized spacial score (nSPS) is 16.2. The minimum absolute atomic E-state index is 0.0217. The standard InChI is InChI=1S/C23H25ClN4O4S/c1-15(18-7-9-20(24)10-8-18)26-22(29)16(2)27(3)23(30)19-5-4-6-21(11-19)33(31,32)28-13-17(12-25)14-28/h4-11,15-17H,13-14H2,1-3H3,(H,26,29)/t15-,16+/m0/s1. The molecule has 0 aromatic heterocycles. The Morgan fingerprint density at radius 1 is 1.18 bits per heavy atom. The highest BCUT2D eigenvalue weighted by Crippen LogP contribution is 2.25. The van der Waals surface area contributed by atoms with Crippen LogP contribution in [0.3, 0.4) is 0 Å². The highest BCUT2D eigenvalue weighted by Gasteiger charge is 2.37. The van der Waals surface area contributed by atoms with Gasteiger partial charge in [-0.1, -0.05) is 29.8 Å². The van der Waals surface area contributed by atoms with Crippen LogP contribution in [0.4, 0.5) is 0 Å². The number of carbonyl (C=O) groups is 2. The van der Waals surface area contributed by atoms with Gasteiger partial charge in [-0.05, 0) is 49.7 Å². The summed E-state index contributed by atoms with van der Waals surface area (Å²) < 4.78 is 26.7. The molecule has 1 heterocycles. The predicted molar refractivity (Wildman–Crippen MR) is 124 cm³/mol. The van der Waals surface area contributed by atoms with Crippen LogP contribution in [0.25, 0.3) is 0 Å². The maximum absolute atomic E-state index is 13.0. The molecule has 2 amide bonds. The van der Waals surface area contributed by atoms with Crippen molar-refractivity contribution in [2.24, 2.45) is 5.92 Å². The van der Waals surface area contributed by atoms with E-state index < -0.39 is 22.0 Å². The third-order valence-electron chi connectivity index (χ3n) is 5.76. The van der Waals surface area contributed by atoms with Crippen LogP contribution in [0.5, 0.6) is 0 Å². The molecule has 0 saturated carbocycles. The van der Waals surface area contributed by atoms with Crippen molar-refractivity contribution in [3.8, 4) is 6.07 Å². The lowest BCUT2D eigenvalue weighted by Gasteiger charge is -2.34. The number of nitrogens with zero attached hydrogens (tertiary/aromatic N) is 3. The van der Waals surface area contributed by atoms with Gasteiger partial charge in [0.2, 0.25) is 15.9 Å². The Hall–Kier alpha value is -2.93. The van der Waals surface area contributed by atoms with Crippen LogP contribution in [-0.2, 0) is 14.8 Å². The molecule has 2 aromatic rings. The molecular weight excluding hydrogens is 464 g/mol. The Labute approximate surface area is 198 Å². The Morgan fingerprint density at radius 3 is 2.42 bits per heavy atom. The molecular formula is C23H25ClN4O4S. The first-order valence-corrected chi connectivity index (χ1v) is 12.2. The van der Waals surface area contributed by atoms with Crippen LogP contribution < -0.4 is 5.32 Å². The lowest BCUT2D eigenvalue weighted by Crippen LogP contribution is -2.49. The molecule has 0 unspecified atom stereocenters. The van der Waals surface area contributed by atoms with Crippen molar-refractivity contribution in [1.29, 1.82) is 5.26 Å². The summed E-state index contributed by atoms with van der Waals surface area (Å²) in [5, 5.41) is 12.4. The van der Waals surface area contributed by atoms with Crippen LogP contribution in [0, 0.1) is 17.2 Å². The number of nitrogens with one attached hydrogen (secondary N) is 1. The van der Waals surface area contributed by atoms with Gasteiger partial charge in [-0.15, -0.1) is 0 Å². The smallest absolute Gasteiger partial charge is 0.254 e. The molecule has 33 heavy (non-hydrogen) atoms. The van der Waals surface area contributed by atoms with Crippen molar-refractivity contribution in [1.82, 2.24) is 14.5 Å². The number of carbonyl (C=O) groups excluding carboxylic acids is 2. The van der Waals surface area contributed by atoms with Crippen LogP contribution in [0.2, 0.25) is 5.02 Å². The highest BCUT2D eigenvalue weighted by molar-refractivity contribution is 7.89. The zero-order chi connectivity index (χ0) is 24.3. The first-order chi connectivity index (χ1) is 15.5. The molecule has 1 aliphatic rings. The van der Waals surface area contributed by atoms with Gasteiger partial charge in [-0.2, -0.15) is 9.57 Å². The Balaban J connectivity index is 1.69. The number of sulfonamides is 1. The van der Waals surface area contributed by atoms with Crippen molar-refractivity contribution in [2.45, 2.75) is 30.8 Å². The zero-order valence-corrected chi connectivity index (χ0v) is 20.1. The van der Waals surface area contributed by atoms with Crippen molar-refractivity contribution in [2.75, 3.05) is 20.1 Å². The summed E-state index contributed by atoms with van der Waals surface area (Å²) in [5.74, 6) is -1.14. The first kappa shape index (κ1) is 24.7. The van der Waals surface area contributed by atoms with E-state index in [9.17, 15) is 18.0 Å². The van der Waals surface area contributed by atoms with Gasteiger partial charge in [0.25, 0.3) is 5.91 Å². The van der Waals surface area contributed by atoms with Gasteiger partial charge in [0.1, 0.15) is 6.04 Å². The number of benzene rings is 2. The molecule has 1 aliphatic heterocycles. The minimum atomic E-state index is -3.79. The van der Waals surface area contributed by atoms with Crippen LogP contribution in [0.1, 0.15) is 35.8 Å². The third kappa shape index (κ3) is 5.36. The van der Waals surface area contributed by atoms with Crippen LogP contribution in [-0.4, -0.2) is 55.6 Å². The summed E-state index contributed by atoms with van der Waals surface area (Å²) in [6.45, 7) is 3.71. The summed E-state index contributed by atoms with van der Waals surface area (Å²) >= 11 is 5.90. The van der Waals surface area contributed by atoms with E-state index >= 15 is 0 Å². The molecule has 0 bridgehead atoms. The molecule has 0 spiro atoms. The number of amides is 2. The van der Waals surface area contributed by atoms with Crippen molar-refractivity contribution in [3.63, 3.8) is 0 Å². The van der Waals surface area contributed by atoms with Gasteiger partial charge in [0.15, 0.2) is 0 Å². The monoisotopic (exact) mass is 488 g/mol. The van der Waals surface area contributed by atoms with Gasteiger partial charge in [-0.3, -0.25) is 9.59 Å². The third-order valence-corrected chi connectivity index (χ3v) is 7.84. The Bertz CT molecular complexity index is 1190. The molecule has 0 aliphatic carbocycles. The van der Waals surface area contributed by atoms with Crippen LogP contribution in [0.15, 0.2) is 53.4 Å². The molecule has 1 fully saturated rings. The van der Waals surface area contributed by atoms with Crippen molar-refractivity contribution in [3.05, 3.63) is 64.7 Å². The minimum Gasteiger partial charge on any atom is -0.348 e. The average molecular weight is 489 g/mol. The maximum atomic E-state index is 13.0.